The minimum atomic E-state index is 0.552. The van der Waals surface area contributed by atoms with Gasteiger partial charge in [0.25, 0.3) is 0 Å². The predicted molar refractivity (Wildman–Crippen MR) is 103 cm³/mol. The van der Waals surface area contributed by atoms with Gasteiger partial charge in [-0.25, -0.2) is 4.98 Å². The highest BCUT2D eigenvalue weighted by Crippen LogP contribution is 2.47. The molecular formula is C22H29N3O. The first-order valence-electron chi connectivity index (χ1n) is 10.1. The lowest BCUT2D eigenvalue weighted by Crippen LogP contribution is -2.06. The van der Waals surface area contributed by atoms with Crippen molar-refractivity contribution in [2.75, 3.05) is 6.61 Å². The Hall–Kier alpha value is -1.97. The van der Waals surface area contributed by atoms with Crippen LogP contribution >= 0.6 is 0 Å². The average Bonchev–Trinajstić information content (AvgIpc) is 3.40. The summed E-state index contributed by atoms with van der Waals surface area (Å²) in [4.78, 5) is 13.7. The zero-order valence-corrected chi connectivity index (χ0v) is 16.0. The van der Waals surface area contributed by atoms with E-state index < -0.39 is 0 Å². The lowest BCUT2D eigenvalue weighted by molar-refractivity contribution is 0.282. The Kier molecular flexibility index (Phi) is 5.18. The maximum atomic E-state index is 5.98. The number of ether oxygens (including phenoxy) is 1. The van der Waals surface area contributed by atoms with Gasteiger partial charge < -0.3 is 4.74 Å². The van der Waals surface area contributed by atoms with Gasteiger partial charge >= 0.3 is 0 Å². The predicted octanol–water partition coefficient (Wildman–Crippen LogP) is 4.72. The van der Waals surface area contributed by atoms with Crippen LogP contribution in [0.5, 0.6) is 5.88 Å². The highest BCUT2D eigenvalue weighted by molar-refractivity contribution is 5.28. The van der Waals surface area contributed by atoms with Crippen molar-refractivity contribution in [3.8, 4) is 5.88 Å². The maximum Gasteiger partial charge on any atom is 0.219 e. The summed E-state index contributed by atoms with van der Waals surface area (Å²) in [7, 11) is 0. The van der Waals surface area contributed by atoms with Crippen molar-refractivity contribution < 1.29 is 4.74 Å². The standard InChI is InChI=1S/C22H29N3O/c1-15-13-23-16(2)24-22(15)26-14-18-12-19(18)21-11-10-17-8-6-4-3-5-7-9-20(17)25-21/h10-11,13,18-19H,3-9,12,14H2,1-2H3/t18?,19-/m1/s1. The molecule has 2 aliphatic carbocycles. The van der Waals surface area contributed by atoms with Crippen LogP contribution in [0.2, 0.25) is 0 Å². The highest BCUT2D eigenvalue weighted by Gasteiger charge is 2.40. The highest BCUT2D eigenvalue weighted by atomic mass is 16.5. The number of aryl methyl sites for hydroxylation is 4. The minimum absolute atomic E-state index is 0.552. The first-order valence-corrected chi connectivity index (χ1v) is 10.1. The van der Waals surface area contributed by atoms with Crippen molar-refractivity contribution in [3.05, 3.63) is 46.7 Å². The van der Waals surface area contributed by atoms with E-state index in [0.29, 0.717) is 11.8 Å². The first kappa shape index (κ1) is 17.4. The van der Waals surface area contributed by atoms with Gasteiger partial charge in [0.1, 0.15) is 5.82 Å². The molecule has 0 N–H and O–H groups in total. The fraction of sp³-hybridized carbons (Fsp3) is 0.591. The van der Waals surface area contributed by atoms with Crippen molar-refractivity contribution in [3.63, 3.8) is 0 Å². The Labute approximate surface area is 156 Å². The Bertz CT molecular complexity index is 774. The molecule has 0 aliphatic heterocycles. The molecular weight excluding hydrogens is 322 g/mol. The van der Waals surface area contributed by atoms with E-state index in [1.54, 1.807) is 0 Å². The monoisotopic (exact) mass is 351 g/mol. The number of fused-ring (bicyclic) bond motifs is 1. The van der Waals surface area contributed by atoms with Gasteiger partial charge in [0, 0.05) is 35.0 Å². The van der Waals surface area contributed by atoms with Crippen LogP contribution in [0.25, 0.3) is 0 Å². The van der Waals surface area contributed by atoms with Crippen LogP contribution in [0, 0.1) is 19.8 Å². The quantitative estimate of drug-likeness (QED) is 0.800. The third kappa shape index (κ3) is 4.05. The molecule has 0 bridgehead atoms. The minimum Gasteiger partial charge on any atom is -0.477 e. The molecule has 2 aromatic heterocycles. The molecule has 4 nitrogen and oxygen atoms in total. The molecule has 2 aliphatic rings. The molecule has 0 amide bonds. The van der Waals surface area contributed by atoms with Crippen LogP contribution in [0.1, 0.15) is 72.8 Å². The summed E-state index contributed by atoms with van der Waals surface area (Å²) in [5.74, 6) is 2.60. The van der Waals surface area contributed by atoms with Gasteiger partial charge in [-0.15, -0.1) is 0 Å². The lowest BCUT2D eigenvalue weighted by atomic mass is 10.0. The molecule has 4 heteroatoms. The van der Waals surface area contributed by atoms with Gasteiger partial charge in [0.05, 0.1) is 6.61 Å². The van der Waals surface area contributed by atoms with Crippen LogP contribution < -0.4 is 4.74 Å². The summed E-state index contributed by atoms with van der Waals surface area (Å²) in [6.45, 7) is 4.62. The van der Waals surface area contributed by atoms with Crippen LogP contribution in [0.15, 0.2) is 18.3 Å². The van der Waals surface area contributed by atoms with E-state index >= 15 is 0 Å². The molecule has 2 atom stereocenters. The fourth-order valence-corrected chi connectivity index (χ4v) is 3.97. The van der Waals surface area contributed by atoms with Crippen molar-refractivity contribution >= 4 is 0 Å². The number of rotatable bonds is 4. The van der Waals surface area contributed by atoms with E-state index in [0.717, 1.165) is 30.3 Å². The van der Waals surface area contributed by atoms with Gasteiger partial charge in [-0.2, -0.15) is 4.98 Å². The van der Waals surface area contributed by atoms with E-state index in [1.807, 2.05) is 20.0 Å². The largest absolute Gasteiger partial charge is 0.477 e. The van der Waals surface area contributed by atoms with Crippen LogP contribution in [-0.4, -0.2) is 21.6 Å². The second-order valence-electron chi connectivity index (χ2n) is 7.93. The van der Waals surface area contributed by atoms with Crippen LogP contribution in [0.3, 0.4) is 0 Å². The third-order valence-electron chi connectivity index (χ3n) is 5.73. The summed E-state index contributed by atoms with van der Waals surface area (Å²) in [5.41, 5.74) is 5.12. The first-order chi connectivity index (χ1) is 12.7. The molecule has 0 spiro atoms. The molecule has 2 heterocycles. The molecule has 2 aromatic rings. The van der Waals surface area contributed by atoms with Crippen molar-refractivity contribution in [2.45, 2.75) is 71.1 Å². The lowest BCUT2D eigenvalue weighted by Gasteiger charge is -2.10. The summed E-state index contributed by atoms with van der Waals surface area (Å²) >= 11 is 0. The zero-order valence-electron chi connectivity index (χ0n) is 16.0. The van der Waals surface area contributed by atoms with E-state index in [4.69, 9.17) is 9.72 Å². The number of aromatic nitrogens is 3. The Morgan fingerprint density at radius 1 is 1.00 bits per heavy atom. The zero-order chi connectivity index (χ0) is 17.9. The molecule has 0 aromatic carbocycles. The summed E-state index contributed by atoms with van der Waals surface area (Å²) < 4.78 is 5.98. The SMILES string of the molecule is Cc1ncc(C)c(OCC2C[C@H]2c2ccc3c(n2)CCCCCCC3)n1. The molecule has 1 fully saturated rings. The Balaban J connectivity index is 1.39. The third-order valence-corrected chi connectivity index (χ3v) is 5.73. The molecule has 138 valence electrons. The molecule has 0 saturated heterocycles. The van der Waals surface area contributed by atoms with Gasteiger partial charge in [0.15, 0.2) is 0 Å². The summed E-state index contributed by atoms with van der Waals surface area (Å²) in [5, 5.41) is 0. The molecule has 1 saturated carbocycles. The van der Waals surface area contributed by atoms with E-state index in [1.165, 1.54) is 61.9 Å². The molecule has 0 radical (unpaired) electrons. The second-order valence-corrected chi connectivity index (χ2v) is 7.93. The average molecular weight is 351 g/mol. The van der Waals surface area contributed by atoms with Gasteiger partial charge in [0.2, 0.25) is 5.88 Å². The second kappa shape index (κ2) is 7.73. The van der Waals surface area contributed by atoms with Crippen LogP contribution in [0.4, 0.5) is 0 Å². The number of nitrogens with zero attached hydrogens (tertiary/aromatic N) is 3. The molecule has 4 rings (SSSR count). The molecule has 1 unspecified atom stereocenters. The van der Waals surface area contributed by atoms with E-state index in [9.17, 15) is 0 Å². The van der Waals surface area contributed by atoms with Crippen molar-refractivity contribution in [1.29, 1.82) is 0 Å². The van der Waals surface area contributed by atoms with Gasteiger partial charge in [-0.05, 0) is 57.6 Å². The maximum absolute atomic E-state index is 5.98. The van der Waals surface area contributed by atoms with E-state index in [2.05, 4.69) is 22.1 Å². The van der Waals surface area contributed by atoms with Crippen molar-refractivity contribution in [1.82, 2.24) is 15.0 Å². The van der Waals surface area contributed by atoms with Crippen molar-refractivity contribution in [2.24, 2.45) is 5.92 Å². The van der Waals surface area contributed by atoms with Gasteiger partial charge in [-0.1, -0.05) is 25.3 Å². The smallest absolute Gasteiger partial charge is 0.219 e. The summed E-state index contributed by atoms with van der Waals surface area (Å²) in [6, 6.07) is 4.61. The van der Waals surface area contributed by atoms with E-state index in [-0.39, 0.29) is 0 Å². The summed E-state index contributed by atoms with van der Waals surface area (Å²) in [6.07, 6.45) is 12.1. The van der Waals surface area contributed by atoms with Gasteiger partial charge in [-0.3, -0.25) is 4.98 Å². The molecule has 26 heavy (non-hydrogen) atoms. The normalized spacial score (nSPS) is 22.7. The Morgan fingerprint density at radius 2 is 1.81 bits per heavy atom. The Morgan fingerprint density at radius 3 is 2.69 bits per heavy atom. The number of hydrogen-bond acceptors (Lipinski definition) is 4. The van der Waals surface area contributed by atoms with Crippen LogP contribution in [-0.2, 0) is 12.8 Å². The topological polar surface area (TPSA) is 47.9 Å². The number of pyridine rings is 1. The fourth-order valence-electron chi connectivity index (χ4n) is 3.97. The number of hydrogen-bond donors (Lipinski definition) is 0.